The summed E-state index contributed by atoms with van der Waals surface area (Å²) in [6.07, 6.45) is 2.75. The number of nitrogens with zero attached hydrogens (tertiary/aromatic N) is 2. The van der Waals surface area contributed by atoms with Crippen molar-refractivity contribution < 1.29 is 4.79 Å². The first-order valence-electron chi connectivity index (χ1n) is 5.54. The molecule has 2 rings (SSSR count). The van der Waals surface area contributed by atoms with Gasteiger partial charge in [0.15, 0.2) is 0 Å². The molecule has 0 saturated carbocycles. The largest absolute Gasteiger partial charge is 0.345 e. The molecule has 4 nitrogen and oxygen atoms in total. The fourth-order valence-corrected chi connectivity index (χ4v) is 2.44. The van der Waals surface area contributed by atoms with Crippen molar-refractivity contribution in [2.45, 2.75) is 13.3 Å². The average Bonchev–Trinajstić information content (AvgIpc) is 2.58. The number of rotatable bonds is 4. The van der Waals surface area contributed by atoms with Crippen LogP contribution in [0.15, 0.2) is 6.20 Å². The quantitative estimate of drug-likeness (QED) is 0.840. The zero-order valence-corrected chi connectivity index (χ0v) is 10.5. The van der Waals surface area contributed by atoms with E-state index >= 15 is 0 Å². The van der Waals surface area contributed by atoms with Gasteiger partial charge in [-0.05, 0) is 6.92 Å². The van der Waals surface area contributed by atoms with Crippen LogP contribution >= 0.6 is 11.3 Å². The molecule has 16 heavy (non-hydrogen) atoms. The molecule has 1 aromatic rings. The topological polar surface area (TPSA) is 45.2 Å². The maximum atomic E-state index is 11.8. The Balaban J connectivity index is 1.78. The lowest BCUT2D eigenvalue weighted by atomic mass is 10.0. The summed E-state index contributed by atoms with van der Waals surface area (Å²) < 4.78 is 0. The molecule has 0 aromatic carbocycles. The van der Waals surface area contributed by atoms with Crippen LogP contribution in [-0.4, -0.2) is 42.5 Å². The Kier molecular flexibility index (Phi) is 3.56. The molecular formula is C11H17N3OS. The van der Waals surface area contributed by atoms with Crippen molar-refractivity contribution in [1.82, 2.24) is 15.2 Å². The minimum absolute atomic E-state index is 0.197. The van der Waals surface area contributed by atoms with Crippen LogP contribution in [0.25, 0.3) is 0 Å². The third-order valence-corrected chi connectivity index (χ3v) is 3.81. The van der Waals surface area contributed by atoms with Crippen molar-refractivity contribution in [3.8, 4) is 0 Å². The number of aryl methyl sites for hydroxylation is 1. The zero-order valence-electron chi connectivity index (χ0n) is 9.69. The van der Waals surface area contributed by atoms with Crippen molar-refractivity contribution in [2.75, 3.05) is 26.7 Å². The van der Waals surface area contributed by atoms with Gasteiger partial charge in [0.05, 0.1) is 10.9 Å². The molecule has 1 saturated heterocycles. The van der Waals surface area contributed by atoms with Gasteiger partial charge in [-0.2, -0.15) is 0 Å². The maximum Gasteiger partial charge on any atom is 0.228 e. The molecule has 0 atom stereocenters. The van der Waals surface area contributed by atoms with E-state index in [0.29, 0.717) is 0 Å². The molecule has 5 heteroatoms. The lowest BCUT2D eigenvalue weighted by Crippen LogP contribution is -2.51. The van der Waals surface area contributed by atoms with Gasteiger partial charge in [-0.3, -0.25) is 4.79 Å². The summed E-state index contributed by atoms with van der Waals surface area (Å²) in [5, 5.41) is 4.23. The standard InChI is InChI=1S/C11H17N3OS/c1-8-5-13-10(16-8)3-4-14(2)11(15)9-6-12-7-9/h5,9,12H,3-4,6-7H2,1-2H3. The van der Waals surface area contributed by atoms with Crippen LogP contribution in [0.5, 0.6) is 0 Å². The smallest absolute Gasteiger partial charge is 0.228 e. The van der Waals surface area contributed by atoms with E-state index in [1.807, 2.05) is 18.1 Å². The Labute approximate surface area is 99.7 Å². The molecule has 0 radical (unpaired) electrons. The van der Waals surface area contributed by atoms with E-state index in [1.165, 1.54) is 4.88 Å². The number of likely N-dealkylation sites (N-methyl/N-ethyl adjacent to an activating group) is 1. The molecule has 88 valence electrons. The highest BCUT2D eigenvalue weighted by molar-refractivity contribution is 7.11. The molecule has 1 aromatic heterocycles. The Morgan fingerprint density at radius 2 is 2.44 bits per heavy atom. The monoisotopic (exact) mass is 239 g/mol. The number of thiazole rings is 1. The van der Waals surface area contributed by atoms with E-state index in [9.17, 15) is 4.79 Å². The predicted octanol–water partition coefficient (Wildman–Crippen LogP) is 0.672. The SMILES string of the molecule is Cc1cnc(CCN(C)C(=O)C2CNC2)s1. The van der Waals surface area contributed by atoms with Crippen LogP contribution in [-0.2, 0) is 11.2 Å². The third-order valence-electron chi connectivity index (χ3n) is 2.84. The summed E-state index contributed by atoms with van der Waals surface area (Å²) in [5.74, 6) is 0.454. The number of aromatic nitrogens is 1. The number of hydrogen-bond donors (Lipinski definition) is 1. The second-order valence-corrected chi connectivity index (χ2v) is 5.55. The number of hydrogen-bond acceptors (Lipinski definition) is 4. The van der Waals surface area contributed by atoms with Crippen LogP contribution in [0.4, 0.5) is 0 Å². The molecule has 1 amide bonds. The summed E-state index contributed by atoms with van der Waals surface area (Å²) in [7, 11) is 1.88. The molecule has 0 spiro atoms. The van der Waals surface area contributed by atoms with Crippen molar-refractivity contribution in [1.29, 1.82) is 0 Å². The van der Waals surface area contributed by atoms with Crippen LogP contribution < -0.4 is 5.32 Å². The van der Waals surface area contributed by atoms with E-state index in [-0.39, 0.29) is 11.8 Å². The predicted molar refractivity (Wildman–Crippen MR) is 64.6 cm³/mol. The van der Waals surface area contributed by atoms with E-state index in [4.69, 9.17) is 0 Å². The van der Waals surface area contributed by atoms with Gasteiger partial charge < -0.3 is 10.2 Å². The van der Waals surface area contributed by atoms with E-state index in [1.54, 1.807) is 11.3 Å². The van der Waals surface area contributed by atoms with Gasteiger partial charge in [-0.15, -0.1) is 11.3 Å². The van der Waals surface area contributed by atoms with E-state index in [2.05, 4.69) is 17.2 Å². The molecule has 0 unspecified atom stereocenters. The van der Waals surface area contributed by atoms with Crippen LogP contribution in [0.1, 0.15) is 9.88 Å². The van der Waals surface area contributed by atoms with Gasteiger partial charge >= 0.3 is 0 Å². The molecule has 0 aliphatic carbocycles. The summed E-state index contributed by atoms with van der Waals surface area (Å²) in [6, 6.07) is 0. The van der Waals surface area contributed by atoms with E-state index in [0.717, 1.165) is 31.1 Å². The van der Waals surface area contributed by atoms with Gasteiger partial charge in [0.25, 0.3) is 0 Å². The average molecular weight is 239 g/mol. The van der Waals surface area contributed by atoms with Gasteiger partial charge in [0.1, 0.15) is 0 Å². The maximum absolute atomic E-state index is 11.8. The van der Waals surface area contributed by atoms with Gasteiger partial charge in [0, 0.05) is 44.2 Å². The molecule has 0 bridgehead atoms. The second-order valence-electron chi connectivity index (χ2n) is 4.23. The van der Waals surface area contributed by atoms with Crippen molar-refractivity contribution >= 4 is 17.2 Å². The van der Waals surface area contributed by atoms with Crippen LogP contribution in [0, 0.1) is 12.8 Å². The van der Waals surface area contributed by atoms with Gasteiger partial charge in [-0.25, -0.2) is 4.98 Å². The Morgan fingerprint density at radius 1 is 1.69 bits per heavy atom. The molecule has 1 aliphatic heterocycles. The lowest BCUT2D eigenvalue weighted by molar-refractivity contribution is -0.135. The first kappa shape index (κ1) is 11.5. The number of carbonyl (C=O) groups is 1. The summed E-state index contributed by atoms with van der Waals surface area (Å²) in [5.41, 5.74) is 0. The minimum Gasteiger partial charge on any atom is -0.345 e. The number of carbonyl (C=O) groups excluding carboxylic acids is 1. The van der Waals surface area contributed by atoms with Gasteiger partial charge in [0.2, 0.25) is 5.91 Å². The first-order valence-corrected chi connectivity index (χ1v) is 6.35. The lowest BCUT2D eigenvalue weighted by Gasteiger charge is -2.30. The Morgan fingerprint density at radius 3 is 2.94 bits per heavy atom. The highest BCUT2D eigenvalue weighted by Gasteiger charge is 2.27. The molecule has 1 fully saturated rings. The van der Waals surface area contributed by atoms with Crippen molar-refractivity contribution in [3.05, 3.63) is 16.1 Å². The highest BCUT2D eigenvalue weighted by atomic mass is 32.1. The molecule has 1 aliphatic rings. The highest BCUT2D eigenvalue weighted by Crippen LogP contribution is 2.13. The van der Waals surface area contributed by atoms with Gasteiger partial charge in [-0.1, -0.05) is 0 Å². The molecule has 2 heterocycles. The molecule has 1 N–H and O–H groups in total. The second kappa shape index (κ2) is 4.93. The summed E-state index contributed by atoms with van der Waals surface area (Å²) in [6.45, 7) is 4.48. The first-order chi connectivity index (χ1) is 7.66. The number of nitrogens with one attached hydrogen (secondary N) is 1. The number of amides is 1. The third kappa shape index (κ3) is 2.59. The summed E-state index contributed by atoms with van der Waals surface area (Å²) in [4.78, 5) is 19.2. The van der Waals surface area contributed by atoms with Crippen LogP contribution in [0.3, 0.4) is 0 Å². The molecular weight excluding hydrogens is 222 g/mol. The Hall–Kier alpha value is -0.940. The fourth-order valence-electron chi connectivity index (χ4n) is 1.67. The fraction of sp³-hybridized carbons (Fsp3) is 0.636. The Bertz CT molecular complexity index is 373. The normalized spacial score (nSPS) is 15.9. The van der Waals surface area contributed by atoms with Crippen molar-refractivity contribution in [2.24, 2.45) is 5.92 Å². The van der Waals surface area contributed by atoms with Crippen LogP contribution in [0.2, 0.25) is 0 Å². The van der Waals surface area contributed by atoms with Crippen molar-refractivity contribution in [3.63, 3.8) is 0 Å². The zero-order chi connectivity index (χ0) is 11.5. The van der Waals surface area contributed by atoms with E-state index < -0.39 is 0 Å². The minimum atomic E-state index is 0.197. The summed E-state index contributed by atoms with van der Waals surface area (Å²) >= 11 is 1.71.